The zero-order valence-corrected chi connectivity index (χ0v) is 17.0. The van der Waals surface area contributed by atoms with Crippen LogP contribution in [0, 0.1) is 3.95 Å². The molecule has 5 rings (SSSR count). The Morgan fingerprint density at radius 1 is 1.28 bits per heavy atom. The summed E-state index contributed by atoms with van der Waals surface area (Å²) < 4.78 is 12.9. The summed E-state index contributed by atoms with van der Waals surface area (Å²) in [5, 5.41) is 3.80. The van der Waals surface area contributed by atoms with Crippen molar-refractivity contribution in [3.05, 3.63) is 66.2 Å². The van der Waals surface area contributed by atoms with E-state index in [0.29, 0.717) is 41.9 Å². The molecule has 0 saturated heterocycles. The van der Waals surface area contributed by atoms with Gasteiger partial charge in [-0.15, -0.1) is 0 Å². The second-order valence-corrected chi connectivity index (χ2v) is 8.38. The van der Waals surface area contributed by atoms with Crippen LogP contribution in [0.2, 0.25) is 5.02 Å². The van der Waals surface area contributed by atoms with E-state index >= 15 is 0 Å². The normalized spacial score (nSPS) is 12.6. The number of hydrogen-bond donors (Lipinski definition) is 2. The Hall–Kier alpha value is -2.88. The van der Waals surface area contributed by atoms with Gasteiger partial charge in [-0.2, -0.15) is 0 Å². The van der Waals surface area contributed by atoms with E-state index in [0.717, 1.165) is 16.9 Å². The Kier molecular flexibility index (Phi) is 4.30. The molecule has 0 fully saturated rings. The van der Waals surface area contributed by atoms with E-state index in [1.807, 2.05) is 18.2 Å². The summed E-state index contributed by atoms with van der Waals surface area (Å²) in [6.07, 6.45) is 0. The van der Waals surface area contributed by atoms with Crippen LogP contribution >= 0.6 is 35.2 Å². The highest BCUT2D eigenvalue weighted by Crippen LogP contribution is 2.36. The third kappa shape index (κ3) is 2.98. The van der Waals surface area contributed by atoms with E-state index in [4.69, 9.17) is 33.3 Å². The molecule has 2 aromatic heterocycles. The van der Waals surface area contributed by atoms with E-state index in [1.54, 1.807) is 22.6 Å². The van der Waals surface area contributed by atoms with E-state index < -0.39 is 0 Å². The molecule has 2 aromatic carbocycles. The van der Waals surface area contributed by atoms with Gasteiger partial charge in [0, 0.05) is 17.6 Å². The first-order valence-electron chi connectivity index (χ1n) is 8.56. The van der Waals surface area contributed by atoms with Gasteiger partial charge in [-0.3, -0.25) is 14.0 Å². The molecular formula is C19H12ClN3O4S2. The molecule has 146 valence electrons. The fraction of sp³-hybridized carbons (Fsp3) is 0.105. The van der Waals surface area contributed by atoms with E-state index in [-0.39, 0.29) is 24.8 Å². The second kappa shape index (κ2) is 6.87. The van der Waals surface area contributed by atoms with Crippen LogP contribution in [-0.4, -0.2) is 22.1 Å². The average molecular weight is 446 g/mol. The molecule has 7 nitrogen and oxygen atoms in total. The van der Waals surface area contributed by atoms with Crippen LogP contribution in [-0.2, 0) is 6.54 Å². The standard InChI is InChI=1S/C19H12ClN3O4S2/c20-11-4-2-1-3-9(11)7-21-18(25)15-16-22-17(24)10-5-13-14(27-8-26-13)6-12(10)23(16)19(28)29-15/h1-6H,7-8H2,(H,21,25)(H,22,24). The SMILES string of the molecule is O=C(NCc1ccccc1Cl)c1sc(=S)n2c1[nH]c(=O)c1cc3c(cc12)OCO3. The summed E-state index contributed by atoms with van der Waals surface area (Å²) >= 11 is 12.7. The minimum Gasteiger partial charge on any atom is -0.454 e. The number of nitrogens with zero attached hydrogens (tertiary/aromatic N) is 1. The number of ether oxygens (including phenoxy) is 2. The quantitative estimate of drug-likeness (QED) is 0.467. The van der Waals surface area contributed by atoms with E-state index in [2.05, 4.69) is 10.3 Å². The van der Waals surface area contributed by atoms with Gasteiger partial charge in [-0.25, -0.2) is 0 Å². The van der Waals surface area contributed by atoms with Crippen molar-refractivity contribution in [2.75, 3.05) is 6.79 Å². The van der Waals surface area contributed by atoms with Crippen LogP contribution in [0.4, 0.5) is 0 Å². The molecule has 1 amide bonds. The number of aromatic amines is 1. The first-order valence-corrected chi connectivity index (χ1v) is 10.2. The van der Waals surface area contributed by atoms with Crippen LogP contribution in [0.3, 0.4) is 0 Å². The summed E-state index contributed by atoms with van der Waals surface area (Å²) in [5.74, 6) is 0.684. The van der Waals surface area contributed by atoms with Gasteiger partial charge >= 0.3 is 0 Å². The lowest BCUT2D eigenvalue weighted by Crippen LogP contribution is -2.23. The van der Waals surface area contributed by atoms with Crippen LogP contribution in [0.25, 0.3) is 16.6 Å². The fourth-order valence-electron chi connectivity index (χ4n) is 3.23. The zero-order valence-electron chi connectivity index (χ0n) is 14.7. The molecule has 0 saturated carbocycles. The van der Waals surface area contributed by atoms with Crippen LogP contribution in [0.1, 0.15) is 15.2 Å². The molecule has 0 aliphatic carbocycles. The van der Waals surface area contributed by atoms with Crippen molar-refractivity contribution in [1.29, 1.82) is 0 Å². The third-order valence-electron chi connectivity index (χ3n) is 4.62. The van der Waals surface area contributed by atoms with Gasteiger partial charge in [-0.1, -0.05) is 41.1 Å². The molecule has 0 bridgehead atoms. The van der Waals surface area contributed by atoms with Crippen molar-refractivity contribution in [2.24, 2.45) is 0 Å². The molecule has 0 spiro atoms. The molecule has 2 N–H and O–H groups in total. The number of halogens is 1. The Labute approximate surface area is 177 Å². The zero-order chi connectivity index (χ0) is 20.1. The molecule has 29 heavy (non-hydrogen) atoms. The van der Waals surface area contributed by atoms with Gasteiger partial charge in [0.15, 0.2) is 15.5 Å². The van der Waals surface area contributed by atoms with Crippen molar-refractivity contribution >= 4 is 57.6 Å². The highest BCUT2D eigenvalue weighted by Gasteiger charge is 2.21. The van der Waals surface area contributed by atoms with Crippen molar-refractivity contribution in [2.45, 2.75) is 6.54 Å². The number of nitrogens with one attached hydrogen (secondary N) is 2. The number of hydrogen-bond acceptors (Lipinski definition) is 6. The monoisotopic (exact) mass is 445 g/mol. The molecule has 3 heterocycles. The molecule has 10 heteroatoms. The lowest BCUT2D eigenvalue weighted by atomic mass is 10.2. The molecular weight excluding hydrogens is 434 g/mol. The van der Waals surface area contributed by atoms with Crippen molar-refractivity contribution in [3.63, 3.8) is 0 Å². The summed E-state index contributed by atoms with van der Waals surface area (Å²) in [7, 11) is 0. The average Bonchev–Trinajstić information content (AvgIpc) is 3.30. The number of aromatic nitrogens is 2. The number of rotatable bonds is 3. The highest BCUT2D eigenvalue weighted by molar-refractivity contribution is 7.73. The van der Waals surface area contributed by atoms with Gasteiger partial charge in [-0.05, 0) is 29.9 Å². The minimum absolute atomic E-state index is 0.0947. The predicted molar refractivity (Wildman–Crippen MR) is 113 cm³/mol. The Morgan fingerprint density at radius 3 is 2.83 bits per heavy atom. The van der Waals surface area contributed by atoms with E-state index in [9.17, 15) is 9.59 Å². The number of amides is 1. The number of benzene rings is 2. The number of H-pyrrole nitrogens is 1. The lowest BCUT2D eigenvalue weighted by molar-refractivity contribution is 0.0956. The van der Waals surface area contributed by atoms with Crippen molar-refractivity contribution < 1.29 is 14.3 Å². The van der Waals surface area contributed by atoms with Gasteiger partial charge in [0.2, 0.25) is 6.79 Å². The van der Waals surface area contributed by atoms with Gasteiger partial charge in [0.25, 0.3) is 11.5 Å². The number of thiazole rings is 1. The van der Waals surface area contributed by atoms with Crippen LogP contribution in [0.15, 0.2) is 41.2 Å². The summed E-state index contributed by atoms with van der Waals surface area (Å²) in [6, 6.07) is 10.6. The summed E-state index contributed by atoms with van der Waals surface area (Å²) in [6.45, 7) is 0.350. The largest absolute Gasteiger partial charge is 0.454 e. The van der Waals surface area contributed by atoms with Gasteiger partial charge in [0.1, 0.15) is 10.5 Å². The van der Waals surface area contributed by atoms with E-state index in [1.165, 1.54) is 0 Å². The van der Waals surface area contributed by atoms with Gasteiger partial charge < -0.3 is 19.8 Å². The maximum absolute atomic E-state index is 12.8. The van der Waals surface area contributed by atoms with Crippen molar-refractivity contribution in [1.82, 2.24) is 14.7 Å². The maximum Gasteiger partial charge on any atom is 0.265 e. The Bertz CT molecular complexity index is 1420. The number of carbonyl (C=O) groups excluding carboxylic acids is 1. The Morgan fingerprint density at radius 2 is 2.03 bits per heavy atom. The number of carbonyl (C=O) groups is 1. The fourth-order valence-corrected chi connectivity index (χ4v) is 4.73. The van der Waals surface area contributed by atoms with Crippen molar-refractivity contribution in [3.8, 4) is 11.5 Å². The Balaban J connectivity index is 1.60. The van der Waals surface area contributed by atoms with Crippen LogP contribution in [0.5, 0.6) is 11.5 Å². The minimum atomic E-state index is -0.348. The first kappa shape index (κ1) is 18.2. The topological polar surface area (TPSA) is 84.8 Å². The first-order chi connectivity index (χ1) is 14.0. The number of fused-ring (bicyclic) bond motifs is 4. The maximum atomic E-state index is 12.8. The summed E-state index contributed by atoms with van der Waals surface area (Å²) in [4.78, 5) is 28.6. The smallest absolute Gasteiger partial charge is 0.265 e. The lowest BCUT2D eigenvalue weighted by Gasteiger charge is -2.07. The molecule has 0 unspecified atom stereocenters. The van der Waals surface area contributed by atoms with Crippen LogP contribution < -0.4 is 20.3 Å². The second-order valence-electron chi connectivity index (χ2n) is 6.33. The molecule has 1 aliphatic rings. The van der Waals surface area contributed by atoms with Gasteiger partial charge in [0.05, 0.1) is 10.9 Å². The molecule has 0 radical (unpaired) electrons. The molecule has 1 aliphatic heterocycles. The highest BCUT2D eigenvalue weighted by atomic mass is 35.5. The molecule has 4 aromatic rings. The predicted octanol–water partition coefficient (Wildman–Crippen LogP) is 3.88. The summed E-state index contributed by atoms with van der Waals surface area (Å²) in [5.41, 5.74) is 1.35. The third-order valence-corrected chi connectivity index (χ3v) is 6.36. The molecule has 0 atom stereocenters.